The minimum Gasteiger partial charge on any atom is -0.369 e. The molecule has 2 amide bonds. The Hall–Kier alpha value is -1.14. The van der Waals surface area contributed by atoms with Gasteiger partial charge in [0.15, 0.2) is 0 Å². The van der Waals surface area contributed by atoms with E-state index in [1.54, 1.807) is 0 Å². The summed E-state index contributed by atoms with van der Waals surface area (Å²) in [6, 6.07) is 0. The van der Waals surface area contributed by atoms with Crippen LogP contribution in [-0.2, 0) is 9.59 Å². The summed E-state index contributed by atoms with van der Waals surface area (Å²) in [6.07, 6.45) is 1.57. The molecule has 5 N–H and O–H groups in total. The summed E-state index contributed by atoms with van der Waals surface area (Å²) in [5.41, 5.74) is 7.39. The van der Waals surface area contributed by atoms with Gasteiger partial charge >= 0.3 is 0 Å². The molecule has 16 heavy (non-hydrogen) atoms. The van der Waals surface area contributed by atoms with E-state index < -0.39 is 0 Å². The number of nitrogens with two attached hydrogens (primary N) is 2. The molecule has 1 saturated heterocycles. The minimum absolute atomic E-state index is 0.00473. The first-order valence-electron chi connectivity index (χ1n) is 5.56. The summed E-state index contributed by atoms with van der Waals surface area (Å²) in [5, 5.41) is 0. The van der Waals surface area contributed by atoms with E-state index in [4.69, 9.17) is 11.6 Å². The predicted molar refractivity (Wildman–Crippen MR) is 59.9 cm³/mol. The number of hydrogen-bond donors (Lipinski definition) is 3. The monoisotopic (exact) mass is 228 g/mol. The Kier molecular flexibility index (Phi) is 4.70. The van der Waals surface area contributed by atoms with E-state index in [1.165, 1.54) is 0 Å². The summed E-state index contributed by atoms with van der Waals surface area (Å²) in [6.45, 7) is 4.14. The molecule has 0 saturated carbocycles. The molecule has 0 bridgehead atoms. The van der Waals surface area contributed by atoms with Crippen molar-refractivity contribution in [2.75, 3.05) is 19.6 Å². The number of amides is 2. The Balaban J connectivity index is 2.32. The molecule has 1 aliphatic rings. The Bertz CT molecular complexity index is 262. The van der Waals surface area contributed by atoms with Gasteiger partial charge in [0.05, 0.1) is 0 Å². The van der Waals surface area contributed by atoms with Gasteiger partial charge in [0, 0.05) is 18.4 Å². The van der Waals surface area contributed by atoms with Crippen LogP contribution in [0.3, 0.4) is 0 Å². The number of nitrogens with one attached hydrogen (secondary N) is 1. The van der Waals surface area contributed by atoms with Gasteiger partial charge in [-0.05, 0) is 25.9 Å². The highest BCUT2D eigenvalue weighted by Gasteiger charge is 2.25. The lowest BCUT2D eigenvalue weighted by atomic mass is 9.95. The summed E-state index contributed by atoms with van der Waals surface area (Å²) in [4.78, 5) is 24.3. The van der Waals surface area contributed by atoms with Gasteiger partial charge in [0.25, 0.3) is 0 Å². The van der Waals surface area contributed by atoms with Crippen molar-refractivity contribution >= 4 is 11.8 Å². The number of carbonyl (C=O) groups is 2. The van der Waals surface area contributed by atoms with Crippen LogP contribution in [-0.4, -0.2) is 36.3 Å². The topological polar surface area (TPSA) is 101 Å². The Morgan fingerprint density at radius 3 is 2.44 bits per heavy atom. The van der Waals surface area contributed by atoms with E-state index in [1.807, 2.05) is 6.92 Å². The van der Waals surface area contributed by atoms with Crippen molar-refractivity contribution in [2.24, 2.45) is 23.4 Å². The van der Waals surface area contributed by atoms with E-state index in [-0.39, 0.29) is 23.7 Å². The Morgan fingerprint density at radius 1 is 1.44 bits per heavy atom. The van der Waals surface area contributed by atoms with Crippen molar-refractivity contribution < 1.29 is 9.59 Å². The van der Waals surface area contributed by atoms with Crippen LogP contribution in [0.15, 0.2) is 0 Å². The average molecular weight is 228 g/mol. The molecule has 6 heteroatoms. The molecular weight excluding hydrogens is 208 g/mol. The van der Waals surface area contributed by atoms with Gasteiger partial charge in [0.1, 0.15) is 0 Å². The number of likely N-dealkylation sites (tertiary alicyclic amines) is 1. The molecule has 1 heterocycles. The van der Waals surface area contributed by atoms with E-state index >= 15 is 0 Å². The molecule has 1 rings (SSSR count). The molecule has 1 unspecified atom stereocenters. The first-order valence-corrected chi connectivity index (χ1v) is 5.56. The van der Waals surface area contributed by atoms with Crippen LogP contribution in [0.1, 0.15) is 19.8 Å². The largest absolute Gasteiger partial charge is 0.369 e. The average Bonchev–Trinajstić information content (AvgIpc) is 2.28. The zero-order chi connectivity index (χ0) is 12.1. The summed E-state index contributed by atoms with van der Waals surface area (Å²) >= 11 is 0. The van der Waals surface area contributed by atoms with Crippen molar-refractivity contribution in [1.82, 2.24) is 10.3 Å². The first-order chi connectivity index (χ1) is 7.54. The van der Waals surface area contributed by atoms with E-state index in [2.05, 4.69) is 10.3 Å². The van der Waals surface area contributed by atoms with Crippen LogP contribution in [0.5, 0.6) is 0 Å². The second kappa shape index (κ2) is 5.81. The fourth-order valence-electron chi connectivity index (χ4n) is 2.01. The molecule has 6 nitrogen and oxygen atoms in total. The summed E-state index contributed by atoms with van der Waals surface area (Å²) in [7, 11) is 0. The smallest absolute Gasteiger partial charge is 0.237 e. The molecule has 0 aromatic carbocycles. The summed E-state index contributed by atoms with van der Waals surface area (Å²) < 4.78 is 0. The number of hydrazine groups is 1. The van der Waals surface area contributed by atoms with Crippen LogP contribution < -0.4 is 17.0 Å². The zero-order valence-electron chi connectivity index (χ0n) is 9.61. The third-order valence-corrected chi connectivity index (χ3v) is 3.11. The lowest BCUT2D eigenvalue weighted by Gasteiger charge is -2.31. The normalized spacial score (nSPS) is 20.4. The van der Waals surface area contributed by atoms with Crippen LogP contribution in [0, 0.1) is 11.8 Å². The third kappa shape index (κ3) is 3.46. The molecule has 0 aliphatic carbocycles. The second-order valence-electron chi connectivity index (χ2n) is 4.39. The number of hydrogen-bond acceptors (Lipinski definition) is 4. The molecular formula is C10H20N4O2. The quantitative estimate of drug-likeness (QED) is 0.320. The molecule has 1 aliphatic heterocycles. The van der Waals surface area contributed by atoms with Crippen LogP contribution in [0.4, 0.5) is 0 Å². The highest BCUT2D eigenvalue weighted by molar-refractivity contribution is 5.78. The lowest BCUT2D eigenvalue weighted by molar-refractivity contribution is -0.126. The minimum atomic E-state index is -0.215. The van der Waals surface area contributed by atoms with Crippen LogP contribution in [0.25, 0.3) is 0 Å². The molecule has 92 valence electrons. The van der Waals surface area contributed by atoms with E-state index in [0.29, 0.717) is 6.54 Å². The van der Waals surface area contributed by atoms with Gasteiger partial charge in [-0.3, -0.25) is 15.0 Å². The standard InChI is InChI=1S/C10H20N4O2/c1-7(10(16)13-12)6-14-4-2-8(3-5-14)9(11)15/h7-8H,2-6,12H2,1H3,(H2,11,15)(H,13,16). The van der Waals surface area contributed by atoms with Crippen LogP contribution >= 0.6 is 0 Å². The van der Waals surface area contributed by atoms with Crippen molar-refractivity contribution in [2.45, 2.75) is 19.8 Å². The van der Waals surface area contributed by atoms with Gasteiger partial charge in [-0.2, -0.15) is 0 Å². The number of carbonyl (C=O) groups excluding carboxylic acids is 2. The maximum atomic E-state index is 11.2. The van der Waals surface area contributed by atoms with Crippen LogP contribution in [0.2, 0.25) is 0 Å². The maximum Gasteiger partial charge on any atom is 0.237 e. The Labute approximate surface area is 95.3 Å². The molecule has 1 atom stereocenters. The number of rotatable bonds is 4. The highest BCUT2D eigenvalue weighted by atomic mass is 16.2. The van der Waals surface area contributed by atoms with E-state index in [9.17, 15) is 9.59 Å². The van der Waals surface area contributed by atoms with Gasteiger partial charge in [0.2, 0.25) is 11.8 Å². The van der Waals surface area contributed by atoms with Crippen molar-refractivity contribution in [3.8, 4) is 0 Å². The van der Waals surface area contributed by atoms with Crippen molar-refractivity contribution in [3.63, 3.8) is 0 Å². The molecule has 0 aromatic rings. The SMILES string of the molecule is CC(CN1CCC(C(N)=O)CC1)C(=O)NN. The van der Waals surface area contributed by atoms with Gasteiger partial charge in [-0.25, -0.2) is 5.84 Å². The molecule has 0 aromatic heterocycles. The highest BCUT2D eigenvalue weighted by Crippen LogP contribution is 2.17. The maximum absolute atomic E-state index is 11.2. The number of piperidine rings is 1. The lowest BCUT2D eigenvalue weighted by Crippen LogP contribution is -2.44. The Morgan fingerprint density at radius 2 is 2.00 bits per heavy atom. The molecule has 0 spiro atoms. The van der Waals surface area contributed by atoms with E-state index in [0.717, 1.165) is 25.9 Å². The van der Waals surface area contributed by atoms with Crippen molar-refractivity contribution in [1.29, 1.82) is 0 Å². The fraction of sp³-hybridized carbons (Fsp3) is 0.800. The summed E-state index contributed by atoms with van der Waals surface area (Å²) in [5.74, 6) is 4.56. The van der Waals surface area contributed by atoms with Crippen molar-refractivity contribution in [3.05, 3.63) is 0 Å². The van der Waals surface area contributed by atoms with Gasteiger partial charge < -0.3 is 10.6 Å². The third-order valence-electron chi connectivity index (χ3n) is 3.11. The van der Waals surface area contributed by atoms with Gasteiger partial charge in [-0.1, -0.05) is 6.92 Å². The molecule has 0 radical (unpaired) electrons. The first kappa shape index (κ1) is 12.9. The van der Waals surface area contributed by atoms with Gasteiger partial charge in [-0.15, -0.1) is 0 Å². The molecule has 1 fully saturated rings. The predicted octanol–water partition coefficient (Wildman–Crippen LogP) is -1.19. The second-order valence-corrected chi connectivity index (χ2v) is 4.39. The number of nitrogens with zero attached hydrogens (tertiary/aromatic N) is 1. The number of primary amides is 1. The fourth-order valence-corrected chi connectivity index (χ4v) is 2.01. The zero-order valence-corrected chi connectivity index (χ0v) is 9.61.